The van der Waals surface area contributed by atoms with Crippen LogP contribution in [0.3, 0.4) is 0 Å². The summed E-state index contributed by atoms with van der Waals surface area (Å²) in [7, 11) is 4.11. The second-order valence-electron chi connectivity index (χ2n) is 5.75. The van der Waals surface area contributed by atoms with E-state index in [-0.39, 0.29) is 5.91 Å². The quantitative estimate of drug-likeness (QED) is 0.808. The van der Waals surface area contributed by atoms with Crippen LogP contribution in [0.5, 0.6) is 0 Å². The molecule has 1 amide bonds. The van der Waals surface area contributed by atoms with Gasteiger partial charge in [-0.25, -0.2) is 0 Å². The summed E-state index contributed by atoms with van der Waals surface area (Å²) >= 11 is 0. The Hall–Kier alpha value is -1.61. The Kier molecular flexibility index (Phi) is 5.36. The molecular formula is C17H24N2O. The first-order valence-electron chi connectivity index (χ1n) is 7.30. The minimum atomic E-state index is 0.154. The summed E-state index contributed by atoms with van der Waals surface area (Å²) < 4.78 is 0. The van der Waals surface area contributed by atoms with Crippen LogP contribution < -0.4 is 5.32 Å². The van der Waals surface area contributed by atoms with Crippen LogP contribution in [0.15, 0.2) is 36.4 Å². The molecule has 0 saturated carbocycles. The minimum Gasteiger partial charge on any atom is -0.352 e. The van der Waals surface area contributed by atoms with Gasteiger partial charge >= 0.3 is 0 Å². The molecule has 1 N–H and O–H groups in total. The summed E-state index contributed by atoms with van der Waals surface area (Å²) in [4.78, 5) is 14.1. The van der Waals surface area contributed by atoms with E-state index in [4.69, 9.17) is 0 Å². The fourth-order valence-electron chi connectivity index (χ4n) is 2.59. The van der Waals surface area contributed by atoms with Crippen LogP contribution in [0.2, 0.25) is 0 Å². The molecule has 2 rings (SSSR count). The van der Waals surface area contributed by atoms with Crippen LogP contribution in [-0.2, 0) is 17.9 Å². The van der Waals surface area contributed by atoms with Crippen LogP contribution >= 0.6 is 0 Å². The smallest absolute Gasteiger partial charge is 0.220 e. The van der Waals surface area contributed by atoms with Crippen LogP contribution in [0.1, 0.15) is 30.4 Å². The van der Waals surface area contributed by atoms with Gasteiger partial charge in [-0.05, 0) is 44.0 Å². The molecule has 1 aliphatic rings. The molecule has 0 aliphatic heterocycles. The molecule has 108 valence electrons. The lowest BCUT2D eigenvalue weighted by atomic mass is 10.0. The number of amides is 1. The zero-order chi connectivity index (χ0) is 14.4. The first-order valence-corrected chi connectivity index (χ1v) is 7.30. The highest BCUT2D eigenvalue weighted by Crippen LogP contribution is 2.20. The van der Waals surface area contributed by atoms with Crippen LogP contribution in [0.4, 0.5) is 0 Å². The van der Waals surface area contributed by atoms with Gasteiger partial charge in [0, 0.05) is 19.5 Å². The zero-order valence-electron chi connectivity index (χ0n) is 12.4. The van der Waals surface area contributed by atoms with Gasteiger partial charge in [0.25, 0.3) is 0 Å². The third-order valence-corrected chi connectivity index (χ3v) is 3.64. The van der Waals surface area contributed by atoms with Crippen molar-refractivity contribution < 1.29 is 4.79 Å². The third-order valence-electron chi connectivity index (χ3n) is 3.64. The normalized spacial score (nSPS) is 17.6. The number of hydrogen-bond donors (Lipinski definition) is 1. The molecule has 0 radical (unpaired) electrons. The second kappa shape index (κ2) is 7.25. The van der Waals surface area contributed by atoms with E-state index in [2.05, 4.69) is 48.6 Å². The summed E-state index contributed by atoms with van der Waals surface area (Å²) in [6.07, 6.45) is 7.19. The number of benzene rings is 1. The lowest BCUT2D eigenvalue weighted by Crippen LogP contribution is -2.25. The Labute approximate surface area is 121 Å². The average Bonchev–Trinajstić information content (AvgIpc) is 2.90. The molecule has 0 heterocycles. The fraction of sp³-hybridized carbons (Fsp3) is 0.471. The van der Waals surface area contributed by atoms with Crippen LogP contribution in [0.25, 0.3) is 0 Å². The van der Waals surface area contributed by atoms with Gasteiger partial charge in [0.1, 0.15) is 0 Å². The molecule has 1 atom stereocenters. The standard InChI is InChI=1S/C17H24N2O/c1-19(2)13-16-10-6-5-9-15(16)12-18-17(20)11-14-7-3-4-8-14/h3,5-7,9-10,14H,4,8,11-13H2,1-2H3,(H,18,20). The maximum atomic E-state index is 12.0. The molecular weight excluding hydrogens is 248 g/mol. The van der Waals surface area contributed by atoms with Crippen molar-refractivity contribution in [1.29, 1.82) is 0 Å². The molecule has 3 nitrogen and oxygen atoms in total. The Bertz CT molecular complexity index is 480. The number of carbonyl (C=O) groups excluding carboxylic acids is 1. The predicted octanol–water partition coefficient (Wildman–Crippen LogP) is 2.72. The minimum absolute atomic E-state index is 0.154. The van der Waals surface area contributed by atoms with Crippen molar-refractivity contribution in [3.05, 3.63) is 47.5 Å². The third kappa shape index (κ3) is 4.49. The fourth-order valence-corrected chi connectivity index (χ4v) is 2.59. The van der Waals surface area contributed by atoms with E-state index >= 15 is 0 Å². The molecule has 20 heavy (non-hydrogen) atoms. The predicted molar refractivity (Wildman–Crippen MR) is 82.2 cm³/mol. The lowest BCUT2D eigenvalue weighted by molar-refractivity contribution is -0.121. The zero-order valence-corrected chi connectivity index (χ0v) is 12.4. The lowest BCUT2D eigenvalue weighted by Gasteiger charge is -2.15. The summed E-state index contributed by atoms with van der Waals surface area (Å²) in [5.74, 6) is 0.591. The van der Waals surface area contributed by atoms with Crippen molar-refractivity contribution in [3.8, 4) is 0 Å². The van der Waals surface area contributed by atoms with Crippen molar-refractivity contribution in [2.45, 2.75) is 32.4 Å². The summed E-state index contributed by atoms with van der Waals surface area (Å²) in [5.41, 5.74) is 2.48. The number of hydrogen-bond acceptors (Lipinski definition) is 2. The van der Waals surface area contributed by atoms with Crippen LogP contribution in [0, 0.1) is 5.92 Å². The second-order valence-corrected chi connectivity index (χ2v) is 5.75. The first kappa shape index (κ1) is 14.8. The van der Waals surface area contributed by atoms with Crippen molar-refractivity contribution in [3.63, 3.8) is 0 Å². The highest BCUT2D eigenvalue weighted by atomic mass is 16.1. The van der Waals surface area contributed by atoms with Gasteiger partial charge in [0.2, 0.25) is 5.91 Å². The van der Waals surface area contributed by atoms with Crippen molar-refractivity contribution in [2.24, 2.45) is 5.92 Å². The molecule has 0 aromatic heterocycles. The Morgan fingerprint density at radius 1 is 1.30 bits per heavy atom. The van der Waals surface area contributed by atoms with Gasteiger partial charge in [-0.2, -0.15) is 0 Å². The van der Waals surface area contributed by atoms with Crippen molar-refractivity contribution in [2.75, 3.05) is 14.1 Å². The van der Waals surface area contributed by atoms with E-state index < -0.39 is 0 Å². The maximum absolute atomic E-state index is 12.0. The summed E-state index contributed by atoms with van der Waals surface area (Å²) in [6, 6.07) is 8.30. The number of rotatable bonds is 6. The van der Waals surface area contributed by atoms with Gasteiger partial charge in [-0.3, -0.25) is 4.79 Å². The van der Waals surface area contributed by atoms with E-state index in [1.54, 1.807) is 0 Å². The highest BCUT2D eigenvalue weighted by molar-refractivity contribution is 5.76. The maximum Gasteiger partial charge on any atom is 0.220 e. The monoisotopic (exact) mass is 272 g/mol. The van der Waals surface area contributed by atoms with E-state index in [1.165, 1.54) is 11.1 Å². The summed E-state index contributed by atoms with van der Waals surface area (Å²) in [5, 5.41) is 3.05. The molecule has 0 bridgehead atoms. The van der Waals surface area contributed by atoms with E-state index in [0.717, 1.165) is 19.4 Å². The Morgan fingerprint density at radius 2 is 2.05 bits per heavy atom. The van der Waals surface area contributed by atoms with Gasteiger partial charge < -0.3 is 10.2 Å². The molecule has 1 aromatic carbocycles. The molecule has 0 saturated heterocycles. The van der Waals surface area contributed by atoms with Gasteiger partial charge in [-0.15, -0.1) is 0 Å². The molecule has 0 spiro atoms. The van der Waals surface area contributed by atoms with E-state index in [1.807, 2.05) is 12.1 Å². The average molecular weight is 272 g/mol. The Morgan fingerprint density at radius 3 is 2.70 bits per heavy atom. The number of nitrogens with one attached hydrogen (secondary N) is 1. The summed E-state index contributed by atoms with van der Waals surface area (Å²) in [6.45, 7) is 1.52. The van der Waals surface area contributed by atoms with Crippen molar-refractivity contribution >= 4 is 5.91 Å². The van der Waals surface area contributed by atoms with Gasteiger partial charge in [0.05, 0.1) is 0 Å². The molecule has 0 fully saturated rings. The van der Waals surface area contributed by atoms with E-state index in [0.29, 0.717) is 18.9 Å². The topological polar surface area (TPSA) is 32.3 Å². The number of carbonyl (C=O) groups is 1. The molecule has 1 unspecified atom stereocenters. The molecule has 3 heteroatoms. The first-order chi connectivity index (χ1) is 9.65. The number of nitrogens with zero attached hydrogens (tertiary/aromatic N) is 1. The SMILES string of the molecule is CN(C)Cc1ccccc1CNC(=O)CC1C=CCC1. The van der Waals surface area contributed by atoms with Crippen LogP contribution in [-0.4, -0.2) is 24.9 Å². The van der Waals surface area contributed by atoms with Gasteiger partial charge in [-0.1, -0.05) is 36.4 Å². The molecule has 1 aromatic rings. The van der Waals surface area contributed by atoms with Crippen molar-refractivity contribution in [1.82, 2.24) is 10.2 Å². The number of allylic oxidation sites excluding steroid dienone is 2. The molecule has 1 aliphatic carbocycles. The van der Waals surface area contributed by atoms with E-state index in [9.17, 15) is 4.79 Å². The largest absolute Gasteiger partial charge is 0.352 e. The van der Waals surface area contributed by atoms with Gasteiger partial charge in [0.15, 0.2) is 0 Å². The highest BCUT2D eigenvalue weighted by Gasteiger charge is 2.14. The Balaban J connectivity index is 1.86.